The summed E-state index contributed by atoms with van der Waals surface area (Å²) in [6, 6.07) is -4.76. The number of imidazole rings is 2. The number of thioether (sulfide) groups is 1. The lowest BCUT2D eigenvalue weighted by molar-refractivity contribution is -0.143. The third-order valence-corrected chi connectivity index (χ3v) is 6.10. The molecule has 0 spiro atoms. The molecular weight excluding hydrogens is 520 g/mol. The minimum atomic E-state index is -1.49. The van der Waals surface area contributed by atoms with Gasteiger partial charge in [-0.15, -0.1) is 0 Å². The lowest BCUT2D eigenvalue weighted by Gasteiger charge is -2.25. The molecule has 4 atom stereocenters. The molecule has 2 aromatic heterocycles. The Labute approximate surface area is 222 Å². The van der Waals surface area contributed by atoms with Crippen LogP contribution in [0.25, 0.3) is 0 Å². The van der Waals surface area contributed by atoms with Crippen molar-refractivity contribution in [3.8, 4) is 0 Å². The minimum Gasteiger partial charge on any atom is -0.481 e. The number of aliphatic carboxylic acids is 2. The highest BCUT2D eigenvalue weighted by Gasteiger charge is 2.31. The lowest BCUT2D eigenvalue weighted by Crippen LogP contribution is -2.58. The number of rotatable bonds is 17. The van der Waals surface area contributed by atoms with Crippen LogP contribution < -0.4 is 21.7 Å². The minimum absolute atomic E-state index is 0.0155. The first-order valence-corrected chi connectivity index (χ1v) is 13.0. The average Bonchev–Trinajstić information content (AvgIpc) is 3.58. The first-order chi connectivity index (χ1) is 18.1. The molecule has 0 aliphatic heterocycles. The second-order valence-corrected chi connectivity index (χ2v) is 9.39. The molecule has 2 aromatic rings. The van der Waals surface area contributed by atoms with E-state index in [2.05, 4.69) is 35.9 Å². The molecule has 0 saturated heterocycles. The number of hydrogen-bond donors (Lipinski definition) is 8. The van der Waals surface area contributed by atoms with Crippen LogP contribution in [-0.4, -0.2) is 96.0 Å². The van der Waals surface area contributed by atoms with Crippen LogP contribution in [0, 0.1) is 0 Å². The highest BCUT2D eigenvalue weighted by Crippen LogP contribution is 2.06. The number of hydrogen-bond acceptors (Lipinski definition) is 9. The van der Waals surface area contributed by atoms with E-state index in [9.17, 15) is 29.1 Å². The molecule has 9 N–H and O–H groups in total. The van der Waals surface area contributed by atoms with E-state index in [-0.39, 0.29) is 19.3 Å². The average molecular weight is 553 g/mol. The predicted molar refractivity (Wildman–Crippen MR) is 136 cm³/mol. The molecule has 0 aromatic carbocycles. The van der Waals surface area contributed by atoms with Gasteiger partial charge in [0, 0.05) is 43.0 Å². The highest BCUT2D eigenvalue weighted by molar-refractivity contribution is 7.98. The van der Waals surface area contributed by atoms with Gasteiger partial charge in [-0.3, -0.25) is 19.2 Å². The van der Waals surface area contributed by atoms with Gasteiger partial charge in [-0.25, -0.2) is 14.8 Å². The SMILES string of the molecule is CSCCC(N)C(=O)NC(Cc1cnc[nH]1)C(=O)NC(Cc1cnc[nH]1)C(=O)NC(CCC(=O)O)C(=O)O. The monoisotopic (exact) mass is 552 g/mol. The maximum Gasteiger partial charge on any atom is 0.326 e. The van der Waals surface area contributed by atoms with Gasteiger partial charge < -0.3 is 41.9 Å². The normalized spacial score (nSPS) is 14.1. The van der Waals surface area contributed by atoms with Crippen molar-refractivity contribution in [3.05, 3.63) is 36.4 Å². The van der Waals surface area contributed by atoms with E-state index in [0.717, 1.165) is 0 Å². The Bertz CT molecular complexity index is 1060. The second kappa shape index (κ2) is 15.4. The van der Waals surface area contributed by atoms with E-state index < -0.39 is 60.2 Å². The summed E-state index contributed by atoms with van der Waals surface area (Å²) in [6.45, 7) is 0. The van der Waals surface area contributed by atoms with Gasteiger partial charge in [-0.05, 0) is 24.9 Å². The van der Waals surface area contributed by atoms with Gasteiger partial charge in [-0.2, -0.15) is 11.8 Å². The van der Waals surface area contributed by atoms with Gasteiger partial charge in [0.15, 0.2) is 0 Å². The second-order valence-electron chi connectivity index (χ2n) is 8.40. The summed E-state index contributed by atoms with van der Waals surface area (Å²) in [4.78, 5) is 74.9. The summed E-state index contributed by atoms with van der Waals surface area (Å²) >= 11 is 1.52. The number of carbonyl (C=O) groups excluding carboxylic acids is 3. The zero-order valence-corrected chi connectivity index (χ0v) is 21.5. The Hall–Kier alpha value is -3.92. The largest absolute Gasteiger partial charge is 0.481 e. The number of aromatic amines is 2. The number of carbonyl (C=O) groups is 5. The summed E-state index contributed by atoms with van der Waals surface area (Å²) in [5.74, 6) is -4.12. The Morgan fingerprint density at radius 2 is 1.37 bits per heavy atom. The maximum atomic E-state index is 13.3. The van der Waals surface area contributed by atoms with Gasteiger partial charge in [0.05, 0.1) is 18.7 Å². The standard InChI is InChI=1S/C22H32N8O7S/c1-38-5-4-14(23)19(33)29-16(6-12-8-24-10-26-12)21(35)30-17(7-13-9-25-11-27-13)20(34)28-15(22(36)37)2-3-18(31)32/h8-11,14-17H,2-7,23H2,1H3,(H,24,26)(H,25,27)(H,28,34)(H,29,33)(H,30,35)(H,31,32)(H,36,37). The molecule has 16 heteroatoms. The summed E-state index contributed by atoms with van der Waals surface area (Å²) in [7, 11) is 0. The number of carboxylic acid groups (broad SMARTS) is 2. The van der Waals surface area contributed by atoms with Crippen molar-refractivity contribution < 1.29 is 34.2 Å². The number of amides is 3. The Balaban J connectivity index is 2.21. The maximum absolute atomic E-state index is 13.3. The predicted octanol–water partition coefficient (Wildman–Crippen LogP) is -1.60. The molecule has 0 saturated carbocycles. The van der Waals surface area contributed by atoms with Crippen LogP contribution in [0.4, 0.5) is 0 Å². The van der Waals surface area contributed by atoms with Crippen molar-refractivity contribution in [1.29, 1.82) is 0 Å². The molecular formula is C22H32N8O7S. The van der Waals surface area contributed by atoms with Crippen molar-refractivity contribution in [2.75, 3.05) is 12.0 Å². The van der Waals surface area contributed by atoms with E-state index in [1.54, 1.807) is 0 Å². The van der Waals surface area contributed by atoms with Gasteiger partial charge >= 0.3 is 11.9 Å². The molecule has 38 heavy (non-hydrogen) atoms. The molecule has 0 radical (unpaired) electrons. The number of carboxylic acids is 2. The highest BCUT2D eigenvalue weighted by atomic mass is 32.2. The quantitative estimate of drug-likeness (QED) is 0.111. The Kier molecular flexibility index (Phi) is 12.2. The number of H-pyrrole nitrogens is 2. The fraction of sp³-hybridized carbons (Fsp3) is 0.500. The first kappa shape index (κ1) is 30.3. The molecule has 0 aliphatic carbocycles. The third kappa shape index (κ3) is 10.2. The van der Waals surface area contributed by atoms with Gasteiger partial charge in [0.25, 0.3) is 0 Å². The molecule has 4 unspecified atom stereocenters. The molecule has 2 heterocycles. The van der Waals surface area contributed by atoms with Crippen molar-refractivity contribution >= 4 is 41.4 Å². The van der Waals surface area contributed by atoms with Crippen LogP contribution in [0.5, 0.6) is 0 Å². The van der Waals surface area contributed by atoms with Crippen molar-refractivity contribution in [2.24, 2.45) is 5.73 Å². The summed E-state index contributed by atoms with van der Waals surface area (Å²) in [5, 5.41) is 25.8. The van der Waals surface area contributed by atoms with E-state index in [4.69, 9.17) is 10.8 Å². The van der Waals surface area contributed by atoms with E-state index in [0.29, 0.717) is 23.6 Å². The van der Waals surface area contributed by atoms with Gasteiger partial charge in [0.2, 0.25) is 17.7 Å². The summed E-state index contributed by atoms with van der Waals surface area (Å²) in [5.41, 5.74) is 6.96. The fourth-order valence-corrected chi connectivity index (χ4v) is 3.87. The number of nitrogens with zero attached hydrogens (tertiary/aromatic N) is 2. The van der Waals surface area contributed by atoms with Crippen molar-refractivity contribution in [3.63, 3.8) is 0 Å². The van der Waals surface area contributed by atoms with Crippen LogP contribution in [0.2, 0.25) is 0 Å². The van der Waals surface area contributed by atoms with Gasteiger partial charge in [-0.1, -0.05) is 0 Å². The smallest absolute Gasteiger partial charge is 0.326 e. The first-order valence-electron chi connectivity index (χ1n) is 11.6. The molecule has 0 aliphatic rings. The number of aromatic nitrogens is 4. The van der Waals surface area contributed by atoms with Crippen LogP contribution in [0.3, 0.4) is 0 Å². The van der Waals surface area contributed by atoms with E-state index in [1.165, 1.54) is 36.8 Å². The Morgan fingerprint density at radius 1 is 0.868 bits per heavy atom. The molecule has 2 rings (SSSR count). The molecule has 3 amide bonds. The molecule has 0 bridgehead atoms. The summed E-state index contributed by atoms with van der Waals surface area (Å²) in [6.07, 6.45) is 7.06. The van der Waals surface area contributed by atoms with Crippen molar-refractivity contribution in [1.82, 2.24) is 35.9 Å². The zero-order valence-electron chi connectivity index (χ0n) is 20.7. The molecule has 0 fully saturated rings. The van der Waals surface area contributed by atoms with Crippen LogP contribution in [-0.2, 0) is 36.8 Å². The lowest BCUT2D eigenvalue weighted by atomic mass is 10.1. The van der Waals surface area contributed by atoms with Crippen molar-refractivity contribution in [2.45, 2.75) is 56.3 Å². The zero-order chi connectivity index (χ0) is 28.1. The fourth-order valence-electron chi connectivity index (χ4n) is 3.38. The van der Waals surface area contributed by atoms with Gasteiger partial charge in [0.1, 0.15) is 18.1 Å². The van der Waals surface area contributed by atoms with E-state index in [1.807, 2.05) is 6.26 Å². The number of nitrogens with two attached hydrogens (primary N) is 1. The summed E-state index contributed by atoms with van der Waals surface area (Å²) < 4.78 is 0. The molecule has 15 nitrogen and oxygen atoms in total. The van der Waals surface area contributed by atoms with Crippen LogP contribution in [0.15, 0.2) is 25.0 Å². The molecule has 208 valence electrons. The van der Waals surface area contributed by atoms with Crippen LogP contribution >= 0.6 is 11.8 Å². The number of nitrogens with one attached hydrogen (secondary N) is 5. The topological polar surface area (TPSA) is 245 Å². The third-order valence-electron chi connectivity index (χ3n) is 5.45. The van der Waals surface area contributed by atoms with Crippen LogP contribution in [0.1, 0.15) is 30.7 Å². The van der Waals surface area contributed by atoms with E-state index >= 15 is 0 Å². The Morgan fingerprint density at radius 3 is 1.79 bits per heavy atom.